The predicted molar refractivity (Wildman–Crippen MR) is 75.3 cm³/mol. The summed E-state index contributed by atoms with van der Waals surface area (Å²) in [5.41, 5.74) is -0.0552. The zero-order chi connectivity index (χ0) is 17.5. The number of ether oxygens (including phenoxy) is 1. The Balaban J connectivity index is 2.21. The molecule has 0 bridgehead atoms. The van der Waals surface area contributed by atoms with E-state index in [2.05, 4.69) is 10.2 Å². The molecule has 0 aliphatic rings. The van der Waals surface area contributed by atoms with Gasteiger partial charge in [-0.2, -0.15) is 23.4 Å². The molecule has 0 unspecified atom stereocenters. The molecule has 0 fully saturated rings. The third-order valence-corrected chi connectivity index (χ3v) is 3.79. The number of nitrogens with zero attached hydrogens (tertiary/aromatic N) is 4. The van der Waals surface area contributed by atoms with Crippen molar-refractivity contribution in [3.8, 4) is 5.75 Å². The first-order chi connectivity index (χ1) is 10.5. The van der Waals surface area contributed by atoms with Crippen LogP contribution in [-0.2, 0) is 24.6 Å². The van der Waals surface area contributed by atoms with Gasteiger partial charge < -0.3 is 4.74 Å². The van der Waals surface area contributed by atoms with Crippen LogP contribution in [0.4, 0.5) is 13.2 Å². The number of hydrogen-bond acceptors (Lipinski definition) is 4. The van der Waals surface area contributed by atoms with E-state index in [1.54, 1.807) is 20.9 Å². The molecule has 126 valence electrons. The van der Waals surface area contributed by atoms with Crippen LogP contribution in [0.25, 0.3) is 0 Å². The van der Waals surface area contributed by atoms with Gasteiger partial charge in [0.25, 0.3) is 0 Å². The second kappa shape index (κ2) is 5.88. The summed E-state index contributed by atoms with van der Waals surface area (Å²) in [7, 11) is 1.69. The van der Waals surface area contributed by atoms with E-state index in [1.807, 2.05) is 0 Å². The Bertz CT molecular complexity index is 764. The van der Waals surface area contributed by atoms with Gasteiger partial charge in [0.15, 0.2) is 11.4 Å². The van der Waals surface area contributed by atoms with Gasteiger partial charge in [0.1, 0.15) is 12.2 Å². The maximum absolute atomic E-state index is 12.7. The van der Waals surface area contributed by atoms with E-state index in [0.29, 0.717) is 11.4 Å². The van der Waals surface area contributed by atoms with Gasteiger partial charge in [-0.15, -0.1) is 0 Å². The van der Waals surface area contributed by atoms with Gasteiger partial charge >= 0.3 is 12.1 Å². The van der Waals surface area contributed by atoms with Crippen molar-refractivity contribution in [1.82, 2.24) is 19.6 Å². The highest BCUT2D eigenvalue weighted by Gasteiger charge is 2.38. The maximum atomic E-state index is 12.7. The topological polar surface area (TPSA) is 61.9 Å². The van der Waals surface area contributed by atoms with Crippen LogP contribution in [0.1, 0.15) is 22.8 Å². The van der Waals surface area contributed by atoms with E-state index >= 15 is 0 Å². The molecule has 2 heterocycles. The van der Waals surface area contributed by atoms with Gasteiger partial charge in [-0.1, -0.05) is 11.6 Å². The molecule has 23 heavy (non-hydrogen) atoms. The third-order valence-electron chi connectivity index (χ3n) is 3.34. The Hall–Kier alpha value is -2.03. The molecule has 2 aromatic rings. The monoisotopic (exact) mass is 350 g/mol. The van der Waals surface area contributed by atoms with Crippen molar-refractivity contribution >= 4 is 17.6 Å². The van der Waals surface area contributed by atoms with Crippen molar-refractivity contribution in [2.75, 3.05) is 0 Å². The number of carbonyl (C=O) groups excluding carboxylic acids is 1. The summed E-state index contributed by atoms with van der Waals surface area (Å²) >= 11 is 5.63. The summed E-state index contributed by atoms with van der Waals surface area (Å²) < 4.78 is 45.8. The zero-order valence-electron chi connectivity index (χ0n) is 12.8. The van der Waals surface area contributed by atoms with E-state index in [1.165, 1.54) is 11.6 Å². The molecule has 0 aliphatic heterocycles. The highest BCUT2D eigenvalue weighted by molar-refractivity contribution is 6.32. The minimum Gasteiger partial charge on any atom is -0.421 e. The molecule has 0 radical (unpaired) electrons. The van der Waals surface area contributed by atoms with E-state index in [-0.39, 0.29) is 11.4 Å². The minimum absolute atomic E-state index is 0.0376. The maximum Gasteiger partial charge on any atom is 0.436 e. The van der Waals surface area contributed by atoms with Crippen LogP contribution in [0.5, 0.6) is 5.75 Å². The van der Waals surface area contributed by atoms with Crippen LogP contribution in [0.3, 0.4) is 0 Å². The fourth-order valence-corrected chi connectivity index (χ4v) is 2.27. The normalized spacial score (nSPS) is 11.8. The largest absolute Gasteiger partial charge is 0.436 e. The highest BCUT2D eigenvalue weighted by atomic mass is 35.5. The van der Waals surface area contributed by atoms with Crippen LogP contribution < -0.4 is 4.74 Å². The van der Waals surface area contributed by atoms with Crippen LogP contribution in [0.2, 0.25) is 5.02 Å². The Labute approximate surface area is 134 Å². The summed E-state index contributed by atoms with van der Waals surface area (Å²) in [5.74, 6) is -0.482. The summed E-state index contributed by atoms with van der Waals surface area (Å²) in [6.07, 6.45) is -4.69. The molecule has 0 saturated heterocycles. The van der Waals surface area contributed by atoms with Crippen LogP contribution >= 0.6 is 11.6 Å². The minimum atomic E-state index is -4.69. The fraction of sp³-hybridized carbons (Fsp3) is 0.462. The molecule has 0 aliphatic carbocycles. The first-order valence-electron chi connectivity index (χ1n) is 6.53. The van der Waals surface area contributed by atoms with Gasteiger partial charge in [-0.25, -0.2) is 4.79 Å². The van der Waals surface area contributed by atoms with Gasteiger partial charge in [0.05, 0.1) is 16.4 Å². The van der Waals surface area contributed by atoms with Gasteiger partial charge in [-0.05, 0) is 20.8 Å². The quantitative estimate of drug-likeness (QED) is 0.799. The second-order valence-electron chi connectivity index (χ2n) is 5.00. The molecule has 2 rings (SSSR count). The average Bonchev–Trinajstić information content (AvgIpc) is 2.83. The Morgan fingerprint density at radius 2 is 1.83 bits per heavy atom. The number of rotatable bonds is 3. The average molecular weight is 351 g/mol. The van der Waals surface area contributed by atoms with E-state index in [9.17, 15) is 18.0 Å². The number of esters is 1. The van der Waals surface area contributed by atoms with E-state index in [4.69, 9.17) is 16.3 Å². The lowest BCUT2D eigenvalue weighted by Gasteiger charge is -2.06. The smallest absolute Gasteiger partial charge is 0.421 e. The molecule has 2 aromatic heterocycles. The first-order valence-corrected chi connectivity index (χ1v) is 6.91. The van der Waals surface area contributed by atoms with Crippen molar-refractivity contribution in [3.63, 3.8) is 0 Å². The molecule has 0 amide bonds. The highest BCUT2D eigenvalue weighted by Crippen LogP contribution is 2.35. The van der Waals surface area contributed by atoms with E-state index < -0.39 is 29.4 Å². The Kier molecular flexibility index (Phi) is 4.43. The SMILES string of the molecule is Cc1nn(C)c(C)c1OC(=O)Cn1nc(C(F)(F)F)c(Cl)c1C. The molecule has 6 nitrogen and oxygen atoms in total. The third kappa shape index (κ3) is 3.34. The van der Waals surface area contributed by atoms with Crippen LogP contribution in [-0.4, -0.2) is 25.5 Å². The fourth-order valence-electron chi connectivity index (χ4n) is 2.03. The summed E-state index contributed by atoms with van der Waals surface area (Å²) in [6, 6.07) is 0. The van der Waals surface area contributed by atoms with Crippen molar-refractivity contribution in [2.45, 2.75) is 33.5 Å². The predicted octanol–water partition coefficient (Wildman–Crippen LogP) is 2.82. The van der Waals surface area contributed by atoms with Crippen molar-refractivity contribution < 1.29 is 22.7 Å². The molecule has 0 saturated carbocycles. The molecule has 0 N–H and O–H groups in total. The lowest BCUT2D eigenvalue weighted by molar-refractivity contribution is -0.142. The molecule has 0 spiro atoms. The first kappa shape index (κ1) is 17.3. The summed E-state index contributed by atoms with van der Waals surface area (Å²) in [4.78, 5) is 12.0. The number of halogens is 4. The molecule has 0 atom stereocenters. The summed E-state index contributed by atoms with van der Waals surface area (Å²) in [5, 5.41) is 6.91. The van der Waals surface area contributed by atoms with Gasteiger partial charge in [0, 0.05) is 7.05 Å². The number of aromatic nitrogens is 4. The number of carbonyl (C=O) groups is 1. The van der Waals surface area contributed by atoms with Crippen LogP contribution in [0, 0.1) is 20.8 Å². The number of hydrogen-bond donors (Lipinski definition) is 0. The zero-order valence-corrected chi connectivity index (χ0v) is 13.6. The Morgan fingerprint density at radius 1 is 1.22 bits per heavy atom. The molecule has 0 aromatic carbocycles. The lowest BCUT2D eigenvalue weighted by Crippen LogP contribution is -2.19. The van der Waals surface area contributed by atoms with Crippen LogP contribution in [0.15, 0.2) is 0 Å². The standard InChI is InChI=1S/C13H14ClF3N4O2/c1-6-11(8(3)20(4)18-6)23-9(22)5-21-7(2)10(14)12(19-21)13(15,16)17/h5H2,1-4H3. The second-order valence-corrected chi connectivity index (χ2v) is 5.38. The van der Waals surface area contributed by atoms with Crippen molar-refractivity contribution in [1.29, 1.82) is 0 Å². The van der Waals surface area contributed by atoms with Gasteiger partial charge in [0.2, 0.25) is 0 Å². The molecular formula is C13H14ClF3N4O2. The van der Waals surface area contributed by atoms with Crippen molar-refractivity contribution in [3.05, 3.63) is 27.8 Å². The van der Waals surface area contributed by atoms with E-state index in [0.717, 1.165) is 4.68 Å². The number of aryl methyl sites for hydroxylation is 2. The molecular weight excluding hydrogens is 337 g/mol. The Morgan fingerprint density at radius 3 is 2.26 bits per heavy atom. The van der Waals surface area contributed by atoms with Gasteiger partial charge in [-0.3, -0.25) is 9.36 Å². The van der Waals surface area contributed by atoms with Crippen molar-refractivity contribution in [2.24, 2.45) is 7.05 Å². The lowest BCUT2D eigenvalue weighted by atomic mass is 10.3. The molecule has 10 heteroatoms. The number of alkyl halides is 3. The summed E-state index contributed by atoms with van der Waals surface area (Å²) in [6.45, 7) is 4.22.